The first-order valence-electron chi connectivity index (χ1n) is 6.32. The minimum absolute atomic E-state index is 0.365. The summed E-state index contributed by atoms with van der Waals surface area (Å²) in [5.41, 5.74) is 7.57. The lowest BCUT2D eigenvalue weighted by Gasteiger charge is -2.12. The van der Waals surface area contributed by atoms with Crippen molar-refractivity contribution in [3.8, 4) is 11.5 Å². The quantitative estimate of drug-likeness (QED) is 0.889. The van der Waals surface area contributed by atoms with E-state index in [2.05, 4.69) is 4.98 Å². The molecule has 2 N–H and O–H groups in total. The zero-order chi connectivity index (χ0) is 14.4. The van der Waals surface area contributed by atoms with Crippen molar-refractivity contribution in [1.29, 1.82) is 0 Å². The summed E-state index contributed by atoms with van der Waals surface area (Å²) in [4.78, 5) is 3.95. The van der Waals surface area contributed by atoms with Crippen molar-refractivity contribution in [2.75, 3.05) is 13.7 Å². The zero-order valence-corrected chi connectivity index (χ0v) is 12.1. The largest absolute Gasteiger partial charge is 0.493 e. The number of nitrogens with two attached hydrogens (primary N) is 1. The van der Waals surface area contributed by atoms with Crippen LogP contribution in [0.2, 0.25) is 5.02 Å². The van der Waals surface area contributed by atoms with Gasteiger partial charge in [0, 0.05) is 18.0 Å². The summed E-state index contributed by atoms with van der Waals surface area (Å²) in [7, 11) is 1.62. The van der Waals surface area contributed by atoms with E-state index in [0.29, 0.717) is 29.7 Å². The van der Waals surface area contributed by atoms with Crippen molar-refractivity contribution in [2.45, 2.75) is 13.0 Å². The normalized spacial score (nSPS) is 10.3. The minimum atomic E-state index is 0.365. The van der Waals surface area contributed by atoms with Crippen molar-refractivity contribution >= 4 is 11.6 Å². The van der Waals surface area contributed by atoms with Gasteiger partial charge in [0.05, 0.1) is 12.1 Å². The number of aromatic nitrogens is 1. The van der Waals surface area contributed by atoms with Crippen LogP contribution < -0.4 is 15.2 Å². The monoisotopic (exact) mass is 292 g/mol. The Morgan fingerprint density at radius 1 is 1.25 bits per heavy atom. The highest BCUT2D eigenvalue weighted by Gasteiger charge is 2.07. The van der Waals surface area contributed by atoms with Crippen LogP contribution >= 0.6 is 11.6 Å². The van der Waals surface area contributed by atoms with Gasteiger partial charge in [-0.2, -0.15) is 0 Å². The Morgan fingerprint density at radius 2 is 2.10 bits per heavy atom. The fourth-order valence-electron chi connectivity index (χ4n) is 1.83. The van der Waals surface area contributed by atoms with Crippen LogP contribution in [0, 0.1) is 0 Å². The maximum absolute atomic E-state index is 6.05. The molecule has 1 heterocycles. The highest BCUT2D eigenvalue weighted by molar-refractivity contribution is 6.31. The van der Waals surface area contributed by atoms with E-state index >= 15 is 0 Å². The molecule has 106 valence electrons. The fourth-order valence-corrected chi connectivity index (χ4v) is 2.01. The van der Waals surface area contributed by atoms with E-state index in [1.54, 1.807) is 19.5 Å². The predicted octanol–water partition coefficient (Wildman–Crippen LogP) is 2.82. The molecule has 0 atom stereocenters. The molecule has 1 aromatic heterocycles. The Balaban J connectivity index is 2.15. The Morgan fingerprint density at radius 3 is 2.80 bits per heavy atom. The third kappa shape index (κ3) is 3.62. The van der Waals surface area contributed by atoms with Gasteiger partial charge in [-0.3, -0.25) is 4.98 Å². The maximum atomic E-state index is 6.05. The van der Waals surface area contributed by atoms with E-state index in [1.165, 1.54) is 0 Å². The summed E-state index contributed by atoms with van der Waals surface area (Å²) in [6.45, 7) is 0.964. The van der Waals surface area contributed by atoms with Gasteiger partial charge in [0.25, 0.3) is 0 Å². The Labute approximate surface area is 123 Å². The van der Waals surface area contributed by atoms with Crippen LogP contribution in [0.25, 0.3) is 0 Å². The van der Waals surface area contributed by atoms with Gasteiger partial charge in [-0.1, -0.05) is 17.7 Å². The summed E-state index contributed by atoms with van der Waals surface area (Å²) >= 11 is 6.05. The molecule has 2 aromatic rings. The molecule has 0 saturated carbocycles. The van der Waals surface area contributed by atoms with Crippen LogP contribution in [0.15, 0.2) is 36.7 Å². The molecule has 0 unspecified atom stereocenters. The van der Waals surface area contributed by atoms with Crippen LogP contribution in [0.4, 0.5) is 0 Å². The lowest BCUT2D eigenvalue weighted by atomic mass is 10.1. The third-order valence-electron chi connectivity index (χ3n) is 2.90. The number of hydrogen-bond donors (Lipinski definition) is 1. The molecule has 2 rings (SSSR count). The van der Waals surface area contributed by atoms with Crippen molar-refractivity contribution in [2.24, 2.45) is 5.73 Å². The molecule has 0 saturated heterocycles. The van der Waals surface area contributed by atoms with E-state index in [0.717, 1.165) is 17.5 Å². The number of nitrogens with zero attached hydrogens (tertiary/aromatic N) is 1. The summed E-state index contributed by atoms with van der Waals surface area (Å²) < 4.78 is 11.1. The van der Waals surface area contributed by atoms with Gasteiger partial charge in [-0.25, -0.2) is 0 Å². The first kappa shape index (κ1) is 14.6. The lowest BCUT2D eigenvalue weighted by molar-refractivity contribution is 0.284. The van der Waals surface area contributed by atoms with Crippen molar-refractivity contribution in [1.82, 2.24) is 4.98 Å². The van der Waals surface area contributed by atoms with Gasteiger partial charge in [-0.15, -0.1) is 0 Å². The molecular formula is C15H17ClN2O2. The molecule has 0 amide bonds. The first-order valence-corrected chi connectivity index (χ1v) is 6.70. The number of hydrogen-bond acceptors (Lipinski definition) is 4. The van der Waals surface area contributed by atoms with Crippen molar-refractivity contribution in [3.05, 3.63) is 52.8 Å². The molecule has 0 aliphatic rings. The second-order valence-electron chi connectivity index (χ2n) is 4.28. The molecule has 0 fully saturated rings. The number of halogens is 1. The SMILES string of the molecule is COc1ccc(CCN)cc1OCc1ccncc1Cl. The average Bonchev–Trinajstić information content (AvgIpc) is 2.47. The van der Waals surface area contributed by atoms with E-state index < -0.39 is 0 Å². The zero-order valence-electron chi connectivity index (χ0n) is 11.3. The molecule has 1 aromatic carbocycles. The predicted molar refractivity (Wildman–Crippen MR) is 79.3 cm³/mol. The topological polar surface area (TPSA) is 57.4 Å². The second-order valence-corrected chi connectivity index (χ2v) is 4.69. The van der Waals surface area contributed by atoms with Crippen molar-refractivity contribution in [3.63, 3.8) is 0 Å². The standard InChI is InChI=1S/C15H17ClN2O2/c1-19-14-3-2-11(4-6-17)8-15(14)20-10-12-5-7-18-9-13(12)16/h2-3,5,7-9H,4,6,10,17H2,1H3. The summed E-state index contributed by atoms with van der Waals surface area (Å²) in [6.07, 6.45) is 4.09. The Kier molecular flexibility index (Phi) is 5.21. The Hall–Kier alpha value is -1.78. The van der Waals surface area contributed by atoms with Crippen molar-refractivity contribution < 1.29 is 9.47 Å². The average molecular weight is 293 g/mol. The Bertz CT molecular complexity index is 576. The summed E-state index contributed by atoms with van der Waals surface area (Å²) in [5.74, 6) is 1.38. The smallest absolute Gasteiger partial charge is 0.161 e. The minimum Gasteiger partial charge on any atom is -0.493 e. The van der Waals surface area contributed by atoms with E-state index in [4.69, 9.17) is 26.8 Å². The van der Waals surface area contributed by atoms with E-state index in [-0.39, 0.29) is 0 Å². The van der Waals surface area contributed by atoms with Gasteiger partial charge in [0.15, 0.2) is 11.5 Å². The number of ether oxygens (including phenoxy) is 2. The van der Waals surface area contributed by atoms with E-state index in [1.807, 2.05) is 24.3 Å². The lowest BCUT2D eigenvalue weighted by Crippen LogP contribution is -2.04. The summed E-state index contributed by atoms with van der Waals surface area (Å²) in [5, 5.41) is 0.588. The van der Waals surface area contributed by atoms with Crippen LogP contribution in [0.3, 0.4) is 0 Å². The molecule has 0 bridgehead atoms. The van der Waals surface area contributed by atoms with Gasteiger partial charge < -0.3 is 15.2 Å². The molecule has 0 radical (unpaired) electrons. The number of methoxy groups -OCH3 is 1. The van der Waals surface area contributed by atoms with Crippen LogP contribution in [0.5, 0.6) is 11.5 Å². The van der Waals surface area contributed by atoms with Crippen LogP contribution in [0.1, 0.15) is 11.1 Å². The second kappa shape index (κ2) is 7.12. The summed E-state index contributed by atoms with van der Waals surface area (Å²) in [6, 6.07) is 7.64. The van der Waals surface area contributed by atoms with Gasteiger partial charge >= 0.3 is 0 Å². The van der Waals surface area contributed by atoms with Gasteiger partial charge in [0.2, 0.25) is 0 Å². The molecule has 5 heteroatoms. The molecular weight excluding hydrogens is 276 g/mol. The highest BCUT2D eigenvalue weighted by atomic mass is 35.5. The number of rotatable bonds is 6. The fraction of sp³-hybridized carbons (Fsp3) is 0.267. The molecule has 4 nitrogen and oxygen atoms in total. The molecule has 20 heavy (non-hydrogen) atoms. The third-order valence-corrected chi connectivity index (χ3v) is 3.24. The molecule has 0 aliphatic heterocycles. The first-order chi connectivity index (χ1) is 9.74. The highest BCUT2D eigenvalue weighted by Crippen LogP contribution is 2.29. The number of benzene rings is 1. The molecule has 0 spiro atoms. The van der Waals surface area contributed by atoms with Gasteiger partial charge in [0.1, 0.15) is 6.61 Å². The number of pyridine rings is 1. The molecule has 0 aliphatic carbocycles. The van der Waals surface area contributed by atoms with E-state index in [9.17, 15) is 0 Å². The maximum Gasteiger partial charge on any atom is 0.161 e. The van der Waals surface area contributed by atoms with Crippen LogP contribution in [-0.4, -0.2) is 18.6 Å². The van der Waals surface area contributed by atoms with Gasteiger partial charge in [-0.05, 0) is 36.7 Å². The van der Waals surface area contributed by atoms with Crippen LogP contribution in [-0.2, 0) is 13.0 Å².